The Morgan fingerprint density at radius 3 is 1.06 bits per heavy atom. The van der Waals surface area contributed by atoms with Gasteiger partial charge in [0.1, 0.15) is 0 Å². The average Bonchev–Trinajstić information content (AvgIpc) is 3.31. The van der Waals surface area contributed by atoms with Gasteiger partial charge in [-0.2, -0.15) is 0 Å². The highest BCUT2D eigenvalue weighted by molar-refractivity contribution is 5.69. The van der Waals surface area contributed by atoms with Crippen LogP contribution in [0.1, 0.15) is 228 Å². The Kier molecular flexibility index (Phi) is 49.7. The molecule has 2 unspecified atom stereocenters. The lowest BCUT2D eigenvalue weighted by atomic mass is 10.1. The lowest BCUT2D eigenvalue weighted by molar-refractivity contribution is -0.162. The van der Waals surface area contributed by atoms with Crippen molar-refractivity contribution in [1.82, 2.24) is 4.90 Å². The number of aliphatic hydroxyl groups is 1. The minimum Gasteiger partial charge on any atom is -0.463 e. The molecule has 10 nitrogen and oxygen atoms in total. The van der Waals surface area contributed by atoms with Crippen molar-refractivity contribution in [2.45, 2.75) is 253 Å². The number of carbonyl (C=O) groups is 2. The lowest BCUT2D eigenvalue weighted by Gasteiger charge is -2.22. The van der Waals surface area contributed by atoms with Crippen LogP contribution in [0.5, 0.6) is 0 Å². The summed E-state index contributed by atoms with van der Waals surface area (Å²) in [5.41, 5.74) is 0. The third kappa shape index (κ3) is 47.1. The molecular weight excluding hydrogens is 843 g/mol. The van der Waals surface area contributed by atoms with Gasteiger partial charge in [-0.1, -0.05) is 89.1 Å². The molecular formula is C57H105NO9. The van der Waals surface area contributed by atoms with Crippen molar-refractivity contribution in [3.63, 3.8) is 0 Å². The molecule has 0 spiro atoms. The molecule has 0 bridgehead atoms. The molecule has 0 aliphatic carbocycles. The fourth-order valence-corrected chi connectivity index (χ4v) is 7.56. The van der Waals surface area contributed by atoms with Crippen LogP contribution in [0.3, 0.4) is 0 Å². The molecule has 0 aliphatic rings. The van der Waals surface area contributed by atoms with Gasteiger partial charge in [-0.3, -0.25) is 9.59 Å². The van der Waals surface area contributed by atoms with Crippen LogP contribution >= 0.6 is 0 Å². The molecule has 0 heterocycles. The van der Waals surface area contributed by atoms with Gasteiger partial charge in [0.25, 0.3) is 0 Å². The number of unbranched alkanes of at least 4 members (excludes halogenated alkanes) is 12. The Morgan fingerprint density at radius 1 is 0.418 bits per heavy atom. The number of hydrogen-bond acceptors (Lipinski definition) is 10. The highest BCUT2D eigenvalue weighted by Crippen LogP contribution is 2.16. The molecule has 0 radical (unpaired) electrons. The van der Waals surface area contributed by atoms with Gasteiger partial charge in [-0.05, 0) is 175 Å². The second kappa shape index (κ2) is 51.5. The van der Waals surface area contributed by atoms with Crippen molar-refractivity contribution in [2.75, 3.05) is 52.7 Å². The van der Waals surface area contributed by atoms with E-state index < -0.39 is 0 Å². The summed E-state index contributed by atoms with van der Waals surface area (Å²) in [7, 11) is 0. The number of esters is 2. The van der Waals surface area contributed by atoms with Crippen LogP contribution in [0.4, 0.5) is 0 Å². The molecule has 0 saturated carbocycles. The van der Waals surface area contributed by atoms with Crippen LogP contribution in [-0.4, -0.2) is 99.4 Å². The minimum absolute atomic E-state index is 0.122. The summed E-state index contributed by atoms with van der Waals surface area (Å²) in [5.74, 6) is -0.369. The van der Waals surface area contributed by atoms with Crippen LogP contribution in [0, 0.1) is 0 Å². The number of allylic oxidation sites excluding steroid dienone is 8. The zero-order chi connectivity index (χ0) is 49.1. The molecule has 0 rings (SSSR count). The van der Waals surface area contributed by atoms with Crippen molar-refractivity contribution >= 4 is 11.9 Å². The van der Waals surface area contributed by atoms with E-state index in [9.17, 15) is 14.7 Å². The van der Waals surface area contributed by atoms with Crippen LogP contribution in [0.15, 0.2) is 48.6 Å². The van der Waals surface area contributed by atoms with Gasteiger partial charge in [0.15, 0.2) is 12.6 Å². The Labute approximate surface area is 412 Å². The summed E-state index contributed by atoms with van der Waals surface area (Å²) in [4.78, 5) is 28.0. The Balaban J connectivity index is 4.50. The van der Waals surface area contributed by atoms with E-state index in [0.29, 0.717) is 52.1 Å². The van der Waals surface area contributed by atoms with Crippen LogP contribution in [-0.2, 0) is 38.0 Å². The first kappa shape index (κ1) is 64.7. The quantitative estimate of drug-likeness (QED) is 0.0274. The molecule has 392 valence electrons. The Bertz CT molecular complexity index is 1060. The largest absolute Gasteiger partial charge is 0.463 e. The van der Waals surface area contributed by atoms with Crippen LogP contribution < -0.4 is 0 Å². The van der Waals surface area contributed by atoms with E-state index in [1.165, 1.54) is 0 Å². The summed E-state index contributed by atoms with van der Waals surface area (Å²) in [6.45, 7) is 18.2. The van der Waals surface area contributed by atoms with Gasteiger partial charge in [0.2, 0.25) is 0 Å². The number of rotatable bonds is 51. The maximum absolute atomic E-state index is 12.8. The SMILES string of the molecule is CC/C=C\CCCCOC(CCC(=O)OC(C)CCCCCN(CCCO)CCCCCC(C)OC(=O)CCC(OCCCC/C=C\CC)OCCCC/C=C\CC)OCCCC/C=C\CC. The summed E-state index contributed by atoms with van der Waals surface area (Å²) >= 11 is 0. The van der Waals surface area contributed by atoms with Crippen molar-refractivity contribution in [1.29, 1.82) is 0 Å². The molecule has 1 N–H and O–H groups in total. The molecule has 67 heavy (non-hydrogen) atoms. The lowest BCUT2D eigenvalue weighted by Crippen LogP contribution is -2.28. The number of aliphatic hydroxyl groups excluding tert-OH is 1. The standard InChI is InChI=1S/C57H105NO9/c1-7-11-15-19-23-33-48-62-56(63-49-34-24-20-16-12-8-2)42-40-54(60)66-52(5)38-29-27-31-44-58(46-37-47-59)45-32-28-30-39-53(6)67-55(61)41-43-57(64-50-35-25-21-17-13-9-3)65-51-36-26-22-18-14-10-4/h11-18,52-53,56-57,59H,7-10,19-51H2,1-6H3/b15-11-,16-12-,17-13-,18-14-. The van der Waals surface area contributed by atoms with E-state index >= 15 is 0 Å². The average molecular weight is 948 g/mol. The van der Waals surface area contributed by atoms with E-state index in [1.807, 2.05) is 13.8 Å². The summed E-state index contributed by atoms with van der Waals surface area (Å²) in [6.07, 6.45) is 43.9. The van der Waals surface area contributed by atoms with Gasteiger partial charge in [0, 0.05) is 52.4 Å². The first-order valence-corrected chi connectivity index (χ1v) is 27.6. The Morgan fingerprint density at radius 2 is 0.746 bits per heavy atom. The molecule has 0 aliphatic heterocycles. The van der Waals surface area contributed by atoms with Gasteiger partial charge >= 0.3 is 11.9 Å². The molecule has 0 saturated heterocycles. The van der Waals surface area contributed by atoms with Gasteiger partial charge in [-0.25, -0.2) is 0 Å². The smallest absolute Gasteiger partial charge is 0.306 e. The number of carbonyl (C=O) groups excluding carboxylic acids is 2. The molecule has 0 fully saturated rings. The van der Waals surface area contributed by atoms with Gasteiger partial charge in [0.05, 0.1) is 25.0 Å². The summed E-state index contributed by atoms with van der Waals surface area (Å²) in [6, 6.07) is 0. The van der Waals surface area contributed by atoms with E-state index in [-0.39, 0.29) is 43.3 Å². The highest BCUT2D eigenvalue weighted by Gasteiger charge is 2.17. The maximum Gasteiger partial charge on any atom is 0.306 e. The fourth-order valence-electron chi connectivity index (χ4n) is 7.56. The summed E-state index contributed by atoms with van der Waals surface area (Å²) in [5, 5.41) is 9.52. The third-order valence-corrected chi connectivity index (χ3v) is 11.5. The second-order valence-corrected chi connectivity index (χ2v) is 18.1. The van der Waals surface area contributed by atoms with Crippen LogP contribution in [0.25, 0.3) is 0 Å². The number of hydrogen-bond donors (Lipinski definition) is 1. The molecule has 10 heteroatoms. The molecule has 0 aromatic rings. The van der Waals surface area contributed by atoms with E-state index in [0.717, 1.165) is 180 Å². The van der Waals surface area contributed by atoms with E-state index in [4.69, 9.17) is 28.4 Å². The topological polar surface area (TPSA) is 113 Å². The first-order chi connectivity index (χ1) is 32.8. The van der Waals surface area contributed by atoms with E-state index in [2.05, 4.69) is 81.2 Å². The van der Waals surface area contributed by atoms with Gasteiger partial charge < -0.3 is 38.4 Å². The number of ether oxygens (including phenoxy) is 6. The fraction of sp³-hybridized carbons (Fsp3) is 0.825. The predicted molar refractivity (Wildman–Crippen MR) is 279 cm³/mol. The second-order valence-electron chi connectivity index (χ2n) is 18.1. The zero-order valence-corrected chi connectivity index (χ0v) is 44.3. The normalized spacial score (nSPS) is 13.2. The van der Waals surface area contributed by atoms with Crippen molar-refractivity contribution < 1.29 is 43.1 Å². The zero-order valence-electron chi connectivity index (χ0n) is 44.3. The third-order valence-electron chi connectivity index (χ3n) is 11.5. The first-order valence-electron chi connectivity index (χ1n) is 27.6. The monoisotopic (exact) mass is 948 g/mol. The molecule has 0 amide bonds. The molecule has 2 atom stereocenters. The molecule has 0 aromatic carbocycles. The van der Waals surface area contributed by atoms with Crippen LogP contribution in [0.2, 0.25) is 0 Å². The van der Waals surface area contributed by atoms with Crippen molar-refractivity contribution in [2.24, 2.45) is 0 Å². The highest BCUT2D eigenvalue weighted by atomic mass is 16.7. The summed E-state index contributed by atoms with van der Waals surface area (Å²) < 4.78 is 35.9. The van der Waals surface area contributed by atoms with Crippen molar-refractivity contribution in [3.8, 4) is 0 Å². The van der Waals surface area contributed by atoms with Crippen molar-refractivity contribution in [3.05, 3.63) is 48.6 Å². The van der Waals surface area contributed by atoms with Gasteiger partial charge in [-0.15, -0.1) is 0 Å². The van der Waals surface area contributed by atoms with E-state index in [1.54, 1.807) is 0 Å². The minimum atomic E-state index is -0.381. The number of nitrogens with zero attached hydrogens (tertiary/aromatic N) is 1. The predicted octanol–water partition coefficient (Wildman–Crippen LogP) is 14.5. The Hall–Kier alpha value is -2.34. The molecule has 0 aromatic heterocycles. The maximum atomic E-state index is 12.8.